The molecule has 2 aliphatic rings. The Morgan fingerprint density at radius 3 is 2.27 bits per heavy atom. The average molecular weight is 497 g/mol. The molecule has 0 amide bonds. The zero-order valence-electron chi connectivity index (χ0n) is 21.8. The fraction of sp³-hybridized carbons (Fsp3) is 0.400. The summed E-state index contributed by atoms with van der Waals surface area (Å²) >= 11 is 0. The van der Waals surface area contributed by atoms with Crippen LogP contribution in [0, 0.1) is 0 Å². The van der Waals surface area contributed by atoms with Crippen LogP contribution in [-0.2, 0) is 0 Å². The zero-order valence-corrected chi connectivity index (χ0v) is 21.8. The Kier molecular flexibility index (Phi) is 6.57. The predicted octanol–water partition coefficient (Wildman–Crippen LogP) is 5.59. The van der Waals surface area contributed by atoms with Crippen molar-refractivity contribution >= 4 is 16.9 Å². The predicted molar refractivity (Wildman–Crippen MR) is 149 cm³/mol. The first kappa shape index (κ1) is 23.9. The summed E-state index contributed by atoms with van der Waals surface area (Å²) in [4.78, 5) is 14.1. The van der Waals surface area contributed by atoms with Crippen LogP contribution in [-0.4, -0.2) is 63.6 Å². The molecule has 37 heavy (non-hydrogen) atoms. The maximum absolute atomic E-state index is 6.41. The quantitative estimate of drug-likeness (QED) is 0.375. The maximum atomic E-state index is 6.41. The van der Waals surface area contributed by atoms with Crippen molar-refractivity contribution in [1.29, 1.82) is 0 Å². The summed E-state index contributed by atoms with van der Waals surface area (Å²) in [6, 6.07) is 19.9. The van der Waals surface area contributed by atoms with Crippen LogP contribution in [0.2, 0.25) is 0 Å². The van der Waals surface area contributed by atoms with Crippen molar-refractivity contribution < 1.29 is 4.74 Å². The summed E-state index contributed by atoms with van der Waals surface area (Å²) in [6.07, 6.45) is 9.88. The Morgan fingerprint density at radius 2 is 1.57 bits per heavy atom. The largest absolute Gasteiger partial charge is 0.457 e. The SMILES string of the molecule is CN(C)C1CCN(C2CCC(n3cc(-c4ccc(Oc5ccccc5)cc4)c4c(N)ncnc43)CC2)C1. The van der Waals surface area contributed by atoms with Gasteiger partial charge in [-0.05, 0) is 76.0 Å². The highest BCUT2D eigenvalue weighted by atomic mass is 16.5. The Balaban J connectivity index is 1.22. The minimum absolute atomic E-state index is 0.426. The van der Waals surface area contributed by atoms with Crippen LogP contribution >= 0.6 is 0 Å². The highest BCUT2D eigenvalue weighted by Gasteiger charge is 2.33. The van der Waals surface area contributed by atoms with E-state index in [0.717, 1.165) is 46.5 Å². The molecule has 0 spiro atoms. The fourth-order valence-corrected chi connectivity index (χ4v) is 6.16. The molecule has 1 atom stereocenters. The van der Waals surface area contributed by atoms with Gasteiger partial charge in [-0.3, -0.25) is 4.90 Å². The number of anilines is 1. The van der Waals surface area contributed by atoms with Gasteiger partial charge in [0, 0.05) is 43.0 Å². The monoisotopic (exact) mass is 496 g/mol. The van der Waals surface area contributed by atoms with E-state index in [1.165, 1.54) is 32.4 Å². The molecule has 1 aliphatic carbocycles. The molecule has 192 valence electrons. The molecular formula is C30H36N6O. The zero-order chi connectivity index (χ0) is 25.4. The Morgan fingerprint density at radius 1 is 0.865 bits per heavy atom. The smallest absolute Gasteiger partial charge is 0.146 e. The molecule has 2 aromatic carbocycles. The van der Waals surface area contributed by atoms with E-state index < -0.39 is 0 Å². The third kappa shape index (κ3) is 4.81. The summed E-state index contributed by atoms with van der Waals surface area (Å²) in [7, 11) is 4.41. The van der Waals surface area contributed by atoms with E-state index >= 15 is 0 Å². The first-order valence-electron chi connectivity index (χ1n) is 13.4. The molecule has 6 rings (SSSR count). The van der Waals surface area contributed by atoms with Crippen LogP contribution in [0.3, 0.4) is 0 Å². The summed E-state index contributed by atoms with van der Waals surface area (Å²) < 4.78 is 8.35. The Hall–Kier alpha value is -3.42. The van der Waals surface area contributed by atoms with Gasteiger partial charge in [0.15, 0.2) is 0 Å². The summed E-state index contributed by atoms with van der Waals surface area (Å²) in [6.45, 7) is 2.43. The lowest BCUT2D eigenvalue weighted by molar-refractivity contribution is 0.156. The standard InChI is InChI=1S/C30H36N6O/c1-34(2)24-16-17-35(18-24)22-10-12-23(13-11-22)36-19-27(28-29(31)32-20-33-30(28)36)21-8-14-26(15-9-21)37-25-6-4-3-5-7-25/h3-9,14-15,19-20,22-24H,10-13,16-18H2,1-2H3,(H2,31,32,33). The Labute approximate surface area is 218 Å². The minimum Gasteiger partial charge on any atom is -0.457 e. The number of para-hydroxylation sites is 1. The normalized spacial score (nSPS) is 22.6. The molecule has 1 aliphatic heterocycles. The second-order valence-electron chi connectivity index (χ2n) is 10.7. The van der Waals surface area contributed by atoms with E-state index in [0.29, 0.717) is 23.9 Å². The van der Waals surface area contributed by atoms with E-state index in [4.69, 9.17) is 15.5 Å². The van der Waals surface area contributed by atoms with Gasteiger partial charge >= 0.3 is 0 Å². The summed E-state index contributed by atoms with van der Waals surface area (Å²) in [5.74, 6) is 2.16. The molecule has 1 unspecified atom stereocenters. The first-order valence-corrected chi connectivity index (χ1v) is 13.4. The number of nitrogens with zero attached hydrogens (tertiary/aromatic N) is 5. The third-order valence-corrected chi connectivity index (χ3v) is 8.28. The van der Waals surface area contributed by atoms with Crippen molar-refractivity contribution in [1.82, 2.24) is 24.3 Å². The van der Waals surface area contributed by atoms with Gasteiger partial charge in [-0.15, -0.1) is 0 Å². The van der Waals surface area contributed by atoms with Crippen molar-refractivity contribution in [2.45, 2.75) is 50.2 Å². The molecule has 0 radical (unpaired) electrons. The molecule has 2 aromatic heterocycles. The lowest BCUT2D eigenvalue weighted by atomic mass is 9.90. The first-order chi connectivity index (χ1) is 18.1. The van der Waals surface area contributed by atoms with E-state index in [2.05, 4.69) is 51.8 Å². The van der Waals surface area contributed by atoms with Gasteiger partial charge in [-0.1, -0.05) is 30.3 Å². The summed E-state index contributed by atoms with van der Waals surface area (Å²) in [5, 5.41) is 0.940. The van der Waals surface area contributed by atoms with Crippen molar-refractivity contribution in [3.05, 3.63) is 67.1 Å². The van der Waals surface area contributed by atoms with Gasteiger partial charge < -0.3 is 19.9 Å². The van der Waals surface area contributed by atoms with Gasteiger partial charge in [0.2, 0.25) is 0 Å². The number of fused-ring (bicyclic) bond motifs is 1. The average Bonchev–Trinajstić information content (AvgIpc) is 3.57. The molecule has 2 N–H and O–H groups in total. The molecule has 3 heterocycles. The van der Waals surface area contributed by atoms with E-state index in [1.54, 1.807) is 6.33 Å². The number of hydrogen-bond donors (Lipinski definition) is 1. The van der Waals surface area contributed by atoms with Crippen LogP contribution < -0.4 is 10.5 Å². The van der Waals surface area contributed by atoms with E-state index in [9.17, 15) is 0 Å². The molecule has 1 saturated carbocycles. The second kappa shape index (κ2) is 10.1. The molecule has 7 nitrogen and oxygen atoms in total. The number of nitrogens with two attached hydrogens (primary N) is 1. The number of benzene rings is 2. The van der Waals surface area contributed by atoms with Crippen LogP contribution in [0.5, 0.6) is 11.5 Å². The Bertz CT molecular complexity index is 1340. The van der Waals surface area contributed by atoms with Crippen LogP contribution in [0.15, 0.2) is 67.1 Å². The topological polar surface area (TPSA) is 72.4 Å². The van der Waals surface area contributed by atoms with Gasteiger partial charge in [0.05, 0.1) is 5.39 Å². The third-order valence-electron chi connectivity index (χ3n) is 8.28. The van der Waals surface area contributed by atoms with Crippen LogP contribution in [0.25, 0.3) is 22.2 Å². The summed E-state index contributed by atoms with van der Waals surface area (Å²) in [5.41, 5.74) is 9.51. The van der Waals surface area contributed by atoms with Crippen molar-refractivity contribution in [2.75, 3.05) is 32.9 Å². The number of hydrogen-bond acceptors (Lipinski definition) is 6. The van der Waals surface area contributed by atoms with Gasteiger partial charge in [0.25, 0.3) is 0 Å². The number of ether oxygens (including phenoxy) is 1. The fourth-order valence-electron chi connectivity index (χ4n) is 6.16. The number of likely N-dealkylation sites (N-methyl/N-ethyl adjacent to an activating group) is 1. The number of aromatic nitrogens is 3. The van der Waals surface area contributed by atoms with Crippen molar-refractivity contribution in [3.8, 4) is 22.6 Å². The number of likely N-dealkylation sites (tertiary alicyclic amines) is 1. The number of rotatable bonds is 6. The molecule has 1 saturated heterocycles. The lowest BCUT2D eigenvalue weighted by Gasteiger charge is -2.35. The second-order valence-corrected chi connectivity index (χ2v) is 10.7. The highest BCUT2D eigenvalue weighted by molar-refractivity contribution is 6.00. The van der Waals surface area contributed by atoms with Gasteiger partial charge in [0.1, 0.15) is 29.3 Å². The highest BCUT2D eigenvalue weighted by Crippen LogP contribution is 2.39. The van der Waals surface area contributed by atoms with Gasteiger partial charge in [-0.25, -0.2) is 9.97 Å². The van der Waals surface area contributed by atoms with Crippen molar-refractivity contribution in [3.63, 3.8) is 0 Å². The minimum atomic E-state index is 0.426. The molecule has 2 fully saturated rings. The maximum Gasteiger partial charge on any atom is 0.146 e. The van der Waals surface area contributed by atoms with E-state index in [-0.39, 0.29) is 0 Å². The lowest BCUT2D eigenvalue weighted by Crippen LogP contribution is -2.39. The molecule has 0 bridgehead atoms. The van der Waals surface area contributed by atoms with E-state index in [1.807, 2.05) is 42.5 Å². The molecular weight excluding hydrogens is 460 g/mol. The number of nitrogen functional groups attached to an aromatic ring is 1. The van der Waals surface area contributed by atoms with Crippen LogP contribution in [0.4, 0.5) is 5.82 Å². The molecule has 7 heteroatoms. The van der Waals surface area contributed by atoms with Crippen LogP contribution in [0.1, 0.15) is 38.1 Å². The van der Waals surface area contributed by atoms with Crippen molar-refractivity contribution in [2.24, 2.45) is 0 Å². The molecule has 4 aromatic rings. The van der Waals surface area contributed by atoms with Gasteiger partial charge in [-0.2, -0.15) is 0 Å².